The summed E-state index contributed by atoms with van der Waals surface area (Å²) in [6.07, 6.45) is 3.17. The number of hydrogen-bond acceptors (Lipinski definition) is 5. The molecule has 1 unspecified atom stereocenters. The lowest BCUT2D eigenvalue weighted by Gasteiger charge is -2.19. The van der Waals surface area contributed by atoms with Gasteiger partial charge in [-0.15, -0.1) is 0 Å². The van der Waals surface area contributed by atoms with Crippen LogP contribution in [0.4, 0.5) is 5.95 Å². The minimum Gasteiger partial charge on any atom is -0.494 e. The molecule has 1 rings (SSSR count). The van der Waals surface area contributed by atoms with Crippen molar-refractivity contribution < 1.29 is 9.84 Å². The van der Waals surface area contributed by atoms with E-state index in [0.717, 1.165) is 0 Å². The summed E-state index contributed by atoms with van der Waals surface area (Å²) in [5.74, 6) is 1.44. The Balaban J connectivity index is 2.63. The molecule has 0 aliphatic heterocycles. The summed E-state index contributed by atoms with van der Waals surface area (Å²) in [5.41, 5.74) is 0. The molecule has 0 aliphatic rings. The molecule has 0 amide bonds. The number of anilines is 1. The molecule has 0 spiro atoms. The predicted molar refractivity (Wildman–Crippen MR) is 57.9 cm³/mol. The van der Waals surface area contributed by atoms with Crippen molar-refractivity contribution in [2.24, 2.45) is 5.92 Å². The molecule has 5 nitrogen and oxygen atoms in total. The van der Waals surface area contributed by atoms with Gasteiger partial charge in [-0.25, -0.2) is 9.97 Å². The first kappa shape index (κ1) is 11.7. The number of hydrogen-bond donors (Lipinski definition) is 2. The highest BCUT2D eigenvalue weighted by Crippen LogP contribution is 2.10. The van der Waals surface area contributed by atoms with Crippen molar-refractivity contribution >= 4 is 5.95 Å². The van der Waals surface area contributed by atoms with Crippen LogP contribution in [0.5, 0.6) is 5.75 Å². The van der Waals surface area contributed by atoms with Crippen molar-refractivity contribution in [1.82, 2.24) is 9.97 Å². The average molecular weight is 211 g/mol. The number of nitrogens with zero attached hydrogens (tertiary/aromatic N) is 2. The summed E-state index contributed by atoms with van der Waals surface area (Å²) in [6, 6.07) is -0.0293. The van der Waals surface area contributed by atoms with Crippen LogP contribution in [0.3, 0.4) is 0 Å². The van der Waals surface area contributed by atoms with Crippen LogP contribution in [0.1, 0.15) is 13.8 Å². The third-order valence-electron chi connectivity index (χ3n) is 2.18. The summed E-state index contributed by atoms with van der Waals surface area (Å²) >= 11 is 0. The second-order valence-corrected chi connectivity index (χ2v) is 3.62. The van der Waals surface area contributed by atoms with Crippen molar-refractivity contribution in [3.8, 4) is 5.75 Å². The van der Waals surface area contributed by atoms with E-state index in [2.05, 4.69) is 15.3 Å². The van der Waals surface area contributed by atoms with Crippen molar-refractivity contribution in [2.75, 3.05) is 19.0 Å². The smallest absolute Gasteiger partial charge is 0.223 e. The summed E-state index contributed by atoms with van der Waals surface area (Å²) in [4.78, 5) is 8.12. The SMILES string of the molecule is COc1cnc(NC(CO)C(C)C)nc1. The number of aliphatic hydroxyl groups is 1. The van der Waals surface area contributed by atoms with Crippen LogP contribution in [0.25, 0.3) is 0 Å². The highest BCUT2D eigenvalue weighted by atomic mass is 16.5. The first-order chi connectivity index (χ1) is 7.17. The first-order valence-electron chi connectivity index (χ1n) is 4.90. The van der Waals surface area contributed by atoms with Crippen molar-refractivity contribution in [3.63, 3.8) is 0 Å². The fourth-order valence-corrected chi connectivity index (χ4v) is 1.09. The minimum absolute atomic E-state index is 0.0293. The lowest BCUT2D eigenvalue weighted by atomic mass is 10.1. The maximum absolute atomic E-state index is 9.12. The van der Waals surface area contributed by atoms with E-state index in [1.807, 2.05) is 13.8 Å². The number of ether oxygens (including phenoxy) is 1. The van der Waals surface area contributed by atoms with E-state index in [1.54, 1.807) is 19.5 Å². The molecule has 2 N–H and O–H groups in total. The Morgan fingerprint density at radius 1 is 1.40 bits per heavy atom. The van der Waals surface area contributed by atoms with Gasteiger partial charge in [0, 0.05) is 0 Å². The van der Waals surface area contributed by atoms with Crippen LogP contribution < -0.4 is 10.1 Å². The maximum Gasteiger partial charge on any atom is 0.223 e. The maximum atomic E-state index is 9.12. The molecule has 84 valence electrons. The third-order valence-corrected chi connectivity index (χ3v) is 2.18. The van der Waals surface area contributed by atoms with Gasteiger partial charge in [-0.2, -0.15) is 0 Å². The van der Waals surface area contributed by atoms with E-state index in [4.69, 9.17) is 9.84 Å². The van der Waals surface area contributed by atoms with E-state index >= 15 is 0 Å². The molecule has 1 heterocycles. The van der Waals surface area contributed by atoms with Crippen LogP contribution in [0, 0.1) is 5.92 Å². The van der Waals surface area contributed by atoms with Gasteiger partial charge in [0.2, 0.25) is 5.95 Å². The molecule has 1 atom stereocenters. The fourth-order valence-electron chi connectivity index (χ4n) is 1.09. The van der Waals surface area contributed by atoms with Gasteiger partial charge in [-0.05, 0) is 5.92 Å². The van der Waals surface area contributed by atoms with E-state index in [0.29, 0.717) is 17.6 Å². The molecule has 0 bridgehead atoms. The van der Waals surface area contributed by atoms with Gasteiger partial charge in [0.15, 0.2) is 5.75 Å². The number of rotatable bonds is 5. The van der Waals surface area contributed by atoms with E-state index in [1.165, 1.54) is 0 Å². The van der Waals surface area contributed by atoms with Gasteiger partial charge in [0.1, 0.15) is 0 Å². The number of aliphatic hydroxyl groups excluding tert-OH is 1. The lowest BCUT2D eigenvalue weighted by molar-refractivity contribution is 0.248. The number of nitrogens with one attached hydrogen (secondary N) is 1. The second kappa shape index (κ2) is 5.50. The monoisotopic (exact) mass is 211 g/mol. The van der Waals surface area contributed by atoms with Crippen molar-refractivity contribution in [2.45, 2.75) is 19.9 Å². The molecule has 0 aromatic carbocycles. The number of aromatic nitrogens is 2. The van der Waals surface area contributed by atoms with Crippen LogP contribution in [0.15, 0.2) is 12.4 Å². The minimum atomic E-state index is -0.0293. The molecular formula is C10H17N3O2. The lowest BCUT2D eigenvalue weighted by Crippen LogP contribution is -2.30. The van der Waals surface area contributed by atoms with E-state index < -0.39 is 0 Å². The standard InChI is InChI=1S/C10H17N3O2/c1-7(2)9(6-14)13-10-11-4-8(15-3)5-12-10/h4-5,7,9,14H,6H2,1-3H3,(H,11,12,13). The highest BCUT2D eigenvalue weighted by Gasteiger charge is 2.12. The largest absolute Gasteiger partial charge is 0.494 e. The molecule has 0 radical (unpaired) electrons. The quantitative estimate of drug-likeness (QED) is 0.758. The molecule has 1 aromatic rings. The second-order valence-electron chi connectivity index (χ2n) is 3.62. The summed E-state index contributed by atoms with van der Waals surface area (Å²) in [6.45, 7) is 4.11. The molecule has 0 saturated carbocycles. The van der Waals surface area contributed by atoms with Gasteiger partial charge >= 0.3 is 0 Å². The first-order valence-corrected chi connectivity index (χ1v) is 4.90. The normalized spacial score (nSPS) is 12.6. The Kier molecular flexibility index (Phi) is 4.30. The van der Waals surface area contributed by atoms with Crippen molar-refractivity contribution in [1.29, 1.82) is 0 Å². The summed E-state index contributed by atoms with van der Waals surface area (Å²) in [7, 11) is 1.57. The average Bonchev–Trinajstić information content (AvgIpc) is 2.26. The van der Waals surface area contributed by atoms with Crippen LogP contribution in [-0.2, 0) is 0 Å². The summed E-state index contributed by atoms with van der Waals surface area (Å²) < 4.78 is 4.95. The Hall–Kier alpha value is -1.36. The molecule has 5 heteroatoms. The molecular weight excluding hydrogens is 194 g/mol. The molecule has 1 aromatic heterocycles. The molecule has 15 heavy (non-hydrogen) atoms. The van der Waals surface area contributed by atoms with E-state index in [-0.39, 0.29) is 12.6 Å². The molecule has 0 fully saturated rings. The third kappa shape index (κ3) is 3.36. The molecule has 0 saturated heterocycles. The van der Waals surface area contributed by atoms with Crippen molar-refractivity contribution in [3.05, 3.63) is 12.4 Å². The predicted octanol–water partition coefficient (Wildman–Crippen LogP) is 0.914. The Labute approximate surface area is 89.5 Å². The topological polar surface area (TPSA) is 67.3 Å². The van der Waals surface area contributed by atoms with E-state index in [9.17, 15) is 0 Å². The van der Waals surface area contributed by atoms with Crippen LogP contribution in [-0.4, -0.2) is 34.8 Å². The van der Waals surface area contributed by atoms with Gasteiger partial charge in [0.25, 0.3) is 0 Å². The van der Waals surface area contributed by atoms with Gasteiger partial charge < -0.3 is 15.2 Å². The molecule has 0 aliphatic carbocycles. The van der Waals surface area contributed by atoms with Crippen LogP contribution in [0.2, 0.25) is 0 Å². The zero-order valence-electron chi connectivity index (χ0n) is 9.27. The summed E-state index contributed by atoms with van der Waals surface area (Å²) in [5, 5.41) is 12.2. The Morgan fingerprint density at radius 2 is 2.00 bits per heavy atom. The fraction of sp³-hybridized carbons (Fsp3) is 0.600. The van der Waals surface area contributed by atoms with Gasteiger partial charge in [0.05, 0.1) is 32.2 Å². The van der Waals surface area contributed by atoms with Crippen LogP contribution >= 0.6 is 0 Å². The number of methoxy groups -OCH3 is 1. The highest BCUT2D eigenvalue weighted by molar-refractivity contribution is 5.28. The Morgan fingerprint density at radius 3 is 2.40 bits per heavy atom. The zero-order chi connectivity index (χ0) is 11.3. The Bertz CT molecular complexity index is 287. The van der Waals surface area contributed by atoms with Gasteiger partial charge in [-0.3, -0.25) is 0 Å². The van der Waals surface area contributed by atoms with Gasteiger partial charge in [-0.1, -0.05) is 13.8 Å². The zero-order valence-corrected chi connectivity index (χ0v) is 9.27.